The van der Waals surface area contributed by atoms with Crippen molar-refractivity contribution < 1.29 is 5.11 Å². The Bertz CT molecular complexity index is 363. The molecular weight excluding hydrogens is 222 g/mol. The van der Waals surface area contributed by atoms with E-state index in [-0.39, 0.29) is 6.61 Å². The summed E-state index contributed by atoms with van der Waals surface area (Å²) in [6.07, 6.45) is 9.33. The van der Waals surface area contributed by atoms with Crippen LogP contribution in [0.2, 0.25) is 0 Å². The lowest BCUT2D eigenvalue weighted by Crippen LogP contribution is -2.16. The van der Waals surface area contributed by atoms with Crippen LogP contribution in [-0.4, -0.2) is 9.67 Å². The molecule has 102 valence electrons. The summed E-state index contributed by atoms with van der Waals surface area (Å²) >= 11 is 0. The second kappa shape index (κ2) is 6.42. The van der Waals surface area contributed by atoms with Crippen LogP contribution in [0, 0.1) is 5.92 Å². The molecule has 1 aromatic heterocycles. The Morgan fingerprint density at radius 2 is 1.89 bits per heavy atom. The lowest BCUT2D eigenvalue weighted by molar-refractivity contribution is 0.264. The van der Waals surface area contributed by atoms with Crippen molar-refractivity contribution in [3.8, 4) is 0 Å². The van der Waals surface area contributed by atoms with E-state index in [9.17, 15) is 5.11 Å². The lowest BCUT2D eigenvalue weighted by Gasteiger charge is -2.24. The van der Waals surface area contributed by atoms with Gasteiger partial charge < -0.3 is 9.67 Å². The van der Waals surface area contributed by atoms with Crippen LogP contribution in [0.25, 0.3) is 0 Å². The summed E-state index contributed by atoms with van der Waals surface area (Å²) in [4.78, 5) is 0. The normalized spacial score (nSPS) is 19.1. The Balaban J connectivity index is 2.13. The van der Waals surface area contributed by atoms with Crippen molar-refractivity contribution in [3.05, 3.63) is 23.5 Å². The largest absolute Gasteiger partial charge is 0.390 e. The third kappa shape index (κ3) is 2.97. The van der Waals surface area contributed by atoms with Gasteiger partial charge in [-0.3, -0.25) is 0 Å². The SMILES string of the molecule is CC[C@H](C)n1c(CO)ccc1CC1CCCCC1. The Morgan fingerprint density at radius 1 is 1.22 bits per heavy atom. The van der Waals surface area contributed by atoms with Gasteiger partial charge in [0.05, 0.1) is 6.61 Å². The van der Waals surface area contributed by atoms with E-state index < -0.39 is 0 Å². The zero-order chi connectivity index (χ0) is 13.0. The molecule has 1 aliphatic carbocycles. The zero-order valence-electron chi connectivity index (χ0n) is 11.9. The summed E-state index contributed by atoms with van der Waals surface area (Å²) in [5.41, 5.74) is 2.51. The molecule has 1 fully saturated rings. The first-order valence-electron chi connectivity index (χ1n) is 7.56. The summed E-state index contributed by atoms with van der Waals surface area (Å²) < 4.78 is 2.37. The van der Waals surface area contributed by atoms with Gasteiger partial charge in [0.15, 0.2) is 0 Å². The van der Waals surface area contributed by atoms with Crippen LogP contribution < -0.4 is 0 Å². The quantitative estimate of drug-likeness (QED) is 0.836. The minimum atomic E-state index is 0.162. The first-order valence-corrected chi connectivity index (χ1v) is 7.56. The van der Waals surface area contributed by atoms with Gasteiger partial charge >= 0.3 is 0 Å². The lowest BCUT2D eigenvalue weighted by atomic mass is 9.86. The van der Waals surface area contributed by atoms with Gasteiger partial charge in [-0.2, -0.15) is 0 Å². The number of aromatic nitrogens is 1. The Hall–Kier alpha value is -0.760. The monoisotopic (exact) mass is 249 g/mol. The van der Waals surface area contributed by atoms with Gasteiger partial charge in [-0.05, 0) is 37.8 Å². The third-order valence-corrected chi connectivity index (χ3v) is 4.50. The van der Waals surface area contributed by atoms with Crippen LogP contribution in [0.3, 0.4) is 0 Å². The van der Waals surface area contributed by atoms with Crippen molar-refractivity contribution in [2.75, 3.05) is 0 Å². The molecule has 2 heteroatoms. The summed E-state index contributed by atoms with van der Waals surface area (Å²) in [6, 6.07) is 4.83. The fourth-order valence-electron chi connectivity index (χ4n) is 3.27. The molecule has 2 rings (SSSR count). The highest BCUT2D eigenvalue weighted by Crippen LogP contribution is 2.29. The minimum Gasteiger partial charge on any atom is -0.390 e. The molecule has 1 aromatic rings. The molecular formula is C16H27NO. The van der Waals surface area contributed by atoms with Crippen LogP contribution in [-0.2, 0) is 13.0 Å². The number of hydrogen-bond acceptors (Lipinski definition) is 1. The van der Waals surface area contributed by atoms with Crippen molar-refractivity contribution in [1.29, 1.82) is 0 Å². The smallest absolute Gasteiger partial charge is 0.0833 e. The molecule has 1 heterocycles. The van der Waals surface area contributed by atoms with E-state index in [1.54, 1.807) is 0 Å². The first kappa shape index (κ1) is 13.7. The highest BCUT2D eigenvalue weighted by Gasteiger charge is 2.18. The topological polar surface area (TPSA) is 25.2 Å². The van der Waals surface area contributed by atoms with Gasteiger partial charge in [-0.1, -0.05) is 39.0 Å². The zero-order valence-corrected chi connectivity index (χ0v) is 11.9. The molecule has 0 amide bonds. The Kier molecular flexibility index (Phi) is 4.87. The van der Waals surface area contributed by atoms with E-state index in [2.05, 4.69) is 30.5 Å². The van der Waals surface area contributed by atoms with Crippen LogP contribution in [0.15, 0.2) is 12.1 Å². The van der Waals surface area contributed by atoms with Crippen LogP contribution in [0.1, 0.15) is 69.8 Å². The minimum absolute atomic E-state index is 0.162. The molecule has 0 aliphatic heterocycles. The van der Waals surface area contributed by atoms with E-state index in [0.29, 0.717) is 6.04 Å². The van der Waals surface area contributed by atoms with E-state index in [1.807, 2.05) is 0 Å². The Morgan fingerprint density at radius 3 is 2.50 bits per heavy atom. The van der Waals surface area contributed by atoms with E-state index in [0.717, 1.165) is 18.0 Å². The number of rotatable bonds is 5. The maximum Gasteiger partial charge on any atom is 0.0833 e. The van der Waals surface area contributed by atoms with Crippen LogP contribution in [0.5, 0.6) is 0 Å². The highest BCUT2D eigenvalue weighted by atomic mass is 16.3. The Labute approximate surface area is 111 Å². The second-order valence-corrected chi connectivity index (χ2v) is 5.81. The molecule has 0 spiro atoms. The molecule has 0 saturated heterocycles. The van der Waals surface area contributed by atoms with Crippen molar-refractivity contribution in [1.82, 2.24) is 4.57 Å². The fourth-order valence-corrected chi connectivity index (χ4v) is 3.27. The highest BCUT2D eigenvalue weighted by molar-refractivity contribution is 5.18. The molecule has 1 atom stereocenters. The third-order valence-electron chi connectivity index (χ3n) is 4.50. The maximum absolute atomic E-state index is 9.46. The average molecular weight is 249 g/mol. The number of nitrogens with zero attached hydrogens (tertiary/aromatic N) is 1. The van der Waals surface area contributed by atoms with Crippen molar-refractivity contribution >= 4 is 0 Å². The second-order valence-electron chi connectivity index (χ2n) is 5.81. The van der Waals surface area contributed by atoms with Crippen LogP contribution in [0.4, 0.5) is 0 Å². The predicted octanol–water partition coefficient (Wildman–Crippen LogP) is 4.07. The predicted molar refractivity (Wildman–Crippen MR) is 75.6 cm³/mol. The standard InChI is InChI=1S/C16H27NO/c1-3-13(2)17-15(9-10-16(17)12-18)11-14-7-5-4-6-8-14/h9-10,13-14,18H,3-8,11-12H2,1-2H3/t13-/m0/s1. The van der Waals surface area contributed by atoms with Gasteiger partial charge in [0, 0.05) is 17.4 Å². The first-order chi connectivity index (χ1) is 8.76. The summed E-state index contributed by atoms with van der Waals surface area (Å²) in [7, 11) is 0. The number of aliphatic hydroxyl groups excluding tert-OH is 1. The van der Waals surface area contributed by atoms with Gasteiger partial charge in [0.2, 0.25) is 0 Å². The molecule has 1 saturated carbocycles. The molecule has 0 radical (unpaired) electrons. The molecule has 1 N–H and O–H groups in total. The van der Waals surface area contributed by atoms with Crippen molar-refractivity contribution in [2.24, 2.45) is 5.92 Å². The molecule has 0 bridgehead atoms. The molecule has 18 heavy (non-hydrogen) atoms. The van der Waals surface area contributed by atoms with E-state index in [4.69, 9.17) is 0 Å². The molecule has 0 unspecified atom stereocenters. The van der Waals surface area contributed by atoms with Crippen LogP contribution >= 0.6 is 0 Å². The van der Waals surface area contributed by atoms with Gasteiger partial charge in [-0.25, -0.2) is 0 Å². The number of aliphatic hydroxyl groups is 1. The van der Waals surface area contributed by atoms with Gasteiger partial charge in [0.1, 0.15) is 0 Å². The van der Waals surface area contributed by atoms with E-state index >= 15 is 0 Å². The van der Waals surface area contributed by atoms with Crippen molar-refractivity contribution in [3.63, 3.8) is 0 Å². The summed E-state index contributed by atoms with van der Waals surface area (Å²) in [6.45, 7) is 4.63. The molecule has 1 aliphatic rings. The summed E-state index contributed by atoms with van der Waals surface area (Å²) in [5.74, 6) is 0.864. The fraction of sp³-hybridized carbons (Fsp3) is 0.750. The molecule has 0 aromatic carbocycles. The molecule has 2 nitrogen and oxygen atoms in total. The van der Waals surface area contributed by atoms with Crippen molar-refractivity contribution in [2.45, 2.75) is 71.4 Å². The van der Waals surface area contributed by atoms with E-state index in [1.165, 1.54) is 44.2 Å². The van der Waals surface area contributed by atoms with Gasteiger partial charge in [-0.15, -0.1) is 0 Å². The maximum atomic E-state index is 9.46. The number of hydrogen-bond donors (Lipinski definition) is 1. The average Bonchev–Trinajstić information content (AvgIpc) is 2.82. The van der Waals surface area contributed by atoms with Gasteiger partial charge in [0.25, 0.3) is 0 Å². The summed E-state index contributed by atoms with van der Waals surface area (Å²) in [5, 5.41) is 9.46.